The van der Waals surface area contributed by atoms with E-state index in [0.29, 0.717) is 6.10 Å². The first-order valence-corrected chi connectivity index (χ1v) is 10.4. The Labute approximate surface area is 155 Å². The van der Waals surface area contributed by atoms with Crippen LogP contribution in [0.3, 0.4) is 0 Å². The lowest BCUT2D eigenvalue weighted by Crippen LogP contribution is -2.47. The third-order valence-electron chi connectivity index (χ3n) is 4.94. The Balaban J connectivity index is 1.41. The fraction of sp³-hybridized carbons (Fsp3) is 0.778. The Morgan fingerprint density at radius 2 is 2.08 bits per heavy atom. The number of nitrogens with zero attached hydrogens (tertiary/aromatic N) is 4. The molecule has 2 saturated heterocycles. The van der Waals surface area contributed by atoms with Gasteiger partial charge in [-0.1, -0.05) is 0 Å². The average Bonchev–Trinajstić information content (AvgIpc) is 3.31. The third-order valence-corrected chi connectivity index (χ3v) is 5.89. The summed E-state index contributed by atoms with van der Waals surface area (Å²) in [7, 11) is 1.87. The number of thiazole rings is 1. The van der Waals surface area contributed by atoms with Gasteiger partial charge in [0.1, 0.15) is 0 Å². The predicted octanol–water partition coefficient (Wildman–Crippen LogP) is 2.36. The fourth-order valence-corrected chi connectivity index (χ4v) is 4.48. The second kappa shape index (κ2) is 9.38. The maximum atomic E-state index is 5.73. The summed E-state index contributed by atoms with van der Waals surface area (Å²) < 4.78 is 5.73. The number of piperidine rings is 1. The van der Waals surface area contributed by atoms with Crippen LogP contribution in [0.4, 0.5) is 5.13 Å². The first-order chi connectivity index (χ1) is 12.3. The molecule has 2 aliphatic heterocycles. The van der Waals surface area contributed by atoms with Gasteiger partial charge in [0.05, 0.1) is 11.8 Å². The number of hydrogen-bond acceptors (Lipinski definition) is 5. The second-order valence-electron chi connectivity index (χ2n) is 6.68. The topological polar surface area (TPSA) is 53.0 Å². The van der Waals surface area contributed by atoms with E-state index in [4.69, 9.17) is 9.72 Å². The van der Waals surface area contributed by atoms with Gasteiger partial charge in [0.15, 0.2) is 11.1 Å². The zero-order valence-corrected chi connectivity index (χ0v) is 16.4. The summed E-state index contributed by atoms with van der Waals surface area (Å²) in [4.78, 5) is 14.0. The van der Waals surface area contributed by atoms with E-state index in [0.717, 1.165) is 64.6 Å². The van der Waals surface area contributed by atoms with Crippen molar-refractivity contribution >= 4 is 22.4 Å². The van der Waals surface area contributed by atoms with Crippen molar-refractivity contribution < 1.29 is 4.74 Å². The molecule has 0 atom stereocenters. The third kappa shape index (κ3) is 5.07. The monoisotopic (exact) mass is 365 g/mol. The van der Waals surface area contributed by atoms with Crippen molar-refractivity contribution in [3.05, 3.63) is 11.1 Å². The van der Waals surface area contributed by atoms with Gasteiger partial charge in [-0.3, -0.25) is 4.99 Å². The summed E-state index contributed by atoms with van der Waals surface area (Å²) in [6, 6.07) is 0. The molecule has 0 spiro atoms. The van der Waals surface area contributed by atoms with Gasteiger partial charge in [-0.25, -0.2) is 4.98 Å². The Kier molecular flexibility index (Phi) is 6.93. The first kappa shape index (κ1) is 18.5. The number of likely N-dealkylation sites (tertiary alicyclic amines) is 1. The summed E-state index contributed by atoms with van der Waals surface area (Å²) in [6.07, 6.45) is 6.12. The van der Waals surface area contributed by atoms with Gasteiger partial charge >= 0.3 is 0 Å². The molecule has 0 aromatic carbocycles. The fourth-order valence-electron chi connectivity index (χ4n) is 3.57. The van der Waals surface area contributed by atoms with E-state index < -0.39 is 0 Å². The van der Waals surface area contributed by atoms with Crippen molar-refractivity contribution in [2.45, 2.75) is 45.1 Å². The SMILES string of the molecule is CCOC1CCN(C(=NC)NCCc2csc(N3CCCC3)n2)CC1. The molecule has 0 aliphatic carbocycles. The van der Waals surface area contributed by atoms with Gasteiger partial charge in [-0.15, -0.1) is 11.3 Å². The van der Waals surface area contributed by atoms with Crippen LogP contribution in [-0.2, 0) is 11.2 Å². The van der Waals surface area contributed by atoms with E-state index in [1.807, 2.05) is 7.05 Å². The smallest absolute Gasteiger partial charge is 0.193 e. The molecule has 0 saturated carbocycles. The molecular weight excluding hydrogens is 334 g/mol. The van der Waals surface area contributed by atoms with E-state index in [9.17, 15) is 0 Å². The molecule has 140 valence electrons. The molecule has 1 aromatic heterocycles. The van der Waals surface area contributed by atoms with Crippen molar-refractivity contribution in [3.63, 3.8) is 0 Å². The number of rotatable bonds is 6. The van der Waals surface area contributed by atoms with E-state index in [2.05, 4.69) is 32.4 Å². The average molecular weight is 366 g/mol. The number of nitrogens with one attached hydrogen (secondary N) is 1. The van der Waals surface area contributed by atoms with Crippen molar-refractivity contribution in [2.24, 2.45) is 4.99 Å². The van der Waals surface area contributed by atoms with Crippen LogP contribution >= 0.6 is 11.3 Å². The van der Waals surface area contributed by atoms with Gasteiger partial charge in [0.2, 0.25) is 0 Å². The molecule has 1 N–H and O–H groups in total. The molecule has 25 heavy (non-hydrogen) atoms. The number of anilines is 1. The maximum absolute atomic E-state index is 5.73. The minimum atomic E-state index is 0.415. The molecular formula is C18H31N5OS. The molecule has 0 bridgehead atoms. The van der Waals surface area contributed by atoms with Gasteiger partial charge in [0.25, 0.3) is 0 Å². The van der Waals surface area contributed by atoms with Crippen molar-refractivity contribution in [3.8, 4) is 0 Å². The van der Waals surface area contributed by atoms with E-state index >= 15 is 0 Å². The highest BCUT2D eigenvalue weighted by Gasteiger charge is 2.21. The van der Waals surface area contributed by atoms with Gasteiger partial charge < -0.3 is 19.9 Å². The molecule has 2 fully saturated rings. The molecule has 3 rings (SSSR count). The number of aromatic nitrogens is 1. The molecule has 0 amide bonds. The molecule has 3 heterocycles. The summed E-state index contributed by atoms with van der Waals surface area (Å²) in [5.41, 5.74) is 1.19. The highest BCUT2D eigenvalue weighted by atomic mass is 32.1. The number of hydrogen-bond donors (Lipinski definition) is 1. The maximum Gasteiger partial charge on any atom is 0.193 e. The van der Waals surface area contributed by atoms with Crippen molar-refractivity contribution in [1.82, 2.24) is 15.2 Å². The summed E-state index contributed by atoms with van der Waals surface area (Å²) >= 11 is 1.78. The van der Waals surface area contributed by atoms with Crippen LogP contribution in [0.25, 0.3) is 0 Å². The van der Waals surface area contributed by atoms with Crippen molar-refractivity contribution in [1.29, 1.82) is 0 Å². The summed E-state index contributed by atoms with van der Waals surface area (Å²) in [6.45, 7) is 8.11. The van der Waals surface area contributed by atoms with E-state index in [1.165, 1.54) is 23.7 Å². The Bertz CT molecular complexity index is 547. The zero-order chi connectivity index (χ0) is 17.5. The quantitative estimate of drug-likeness (QED) is 0.620. The lowest BCUT2D eigenvalue weighted by atomic mass is 10.1. The summed E-state index contributed by atoms with van der Waals surface area (Å²) in [5.74, 6) is 1.00. The molecule has 6 nitrogen and oxygen atoms in total. The second-order valence-corrected chi connectivity index (χ2v) is 7.52. The van der Waals surface area contributed by atoms with Crippen LogP contribution in [0, 0.1) is 0 Å². The Morgan fingerprint density at radius 3 is 2.76 bits per heavy atom. The zero-order valence-electron chi connectivity index (χ0n) is 15.5. The van der Waals surface area contributed by atoms with Crippen LogP contribution in [0.15, 0.2) is 10.4 Å². The highest BCUT2D eigenvalue weighted by Crippen LogP contribution is 2.24. The summed E-state index contributed by atoms with van der Waals surface area (Å²) in [5, 5.41) is 6.89. The van der Waals surface area contributed by atoms with Crippen LogP contribution in [0.5, 0.6) is 0 Å². The standard InChI is InChI=1S/C18H31N5OS/c1-3-24-16-7-12-22(13-8-16)17(19-2)20-9-6-15-14-25-18(21-15)23-10-4-5-11-23/h14,16H,3-13H2,1-2H3,(H,19,20). The van der Waals surface area contributed by atoms with Crippen molar-refractivity contribution in [2.75, 3.05) is 51.3 Å². The molecule has 7 heteroatoms. The minimum Gasteiger partial charge on any atom is -0.378 e. The largest absolute Gasteiger partial charge is 0.378 e. The van der Waals surface area contributed by atoms with Crippen LogP contribution < -0.4 is 10.2 Å². The predicted molar refractivity (Wildman–Crippen MR) is 105 cm³/mol. The number of aliphatic imine (C=N–C) groups is 1. The van der Waals surface area contributed by atoms with Crippen LogP contribution in [-0.4, -0.2) is 68.3 Å². The van der Waals surface area contributed by atoms with E-state index in [1.54, 1.807) is 11.3 Å². The Morgan fingerprint density at radius 1 is 1.32 bits per heavy atom. The number of guanidine groups is 1. The Hall–Kier alpha value is -1.34. The van der Waals surface area contributed by atoms with E-state index in [-0.39, 0.29) is 0 Å². The highest BCUT2D eigenvalue weighted by molar-refractivity contribution is 7.13. The van der Waals surface area contributed by atoms with Crippen LogP contribution in [0.2, 0.25) is 0 Å². The first-order valence-electron chi connectivity index (χ1n) is 9.56. The van der Waals surface area contributed by atoms with Crippen LogP contribution in [0.1, 0.15) is 38.3 Å². The number of ether oxygens (including phenoxy) is 1. The van der Waals surface area contributed by atoms with Gasteiger partial charge in [0, 0.05) is 58.2 Å². The molecule has 2 aliphatic rings. The lowest BCUT2D eigenvalue weighted by molar-refractivity contribution is 0.0264. The normalized spacial score (nSPS) is 19.7. The van der Waals surface area contributed by atoms with Gasteiger partial charge in [-0.2, -0.15) is 0 Å². The molecule has 1 aromatic rings. The lowest BCUT2D eigenvalue weighted by Gasteiger charge is -2.34. The molecule has 0 unspecified atom stereocenters. The minimum absolute atomic E-state index is 0.415. The molecule has 0 radical (unpaired) electrons. The van der Waals surface area contributed by atoms with Gasteiger partial charge in [-0.05, 0) is 32.6 Å².